The van der Waals surface area contributed by atoms with Crippen LogP contribution in [0.1, 0.15) is 5.69 Å². The summed E-state index contributed by atoms with van der Waals surface area (Å²) in [4.78, 5) is 21.1. The second-order valence-corrected chi connectivity index (χ2v) is 6.92. The van der Waals surface area contributed by atoms with Gasteiger partial charge in [0.05, 0.1) is 0 Å². The molecule has 1 aromatic carbocycles. The molecule has 144 valence electrons. The van der Waals surface area contributed by atoms with Crippen molar-refractivity contribution < 1.29 is 4.79 Å². The number of benzene rings is 1. The van der Waals surface area contributed by atoms with E-state index in [1.54, 1.807) is 30.8 Å². The van der Waals surface area contributed by atoms with Gasteiger partial charge in [-0.15, -0.1) is 24.0 Å². The van der Waals surface area contributed by atoms with E-state index >= 15 is 0 Å². The maximum absolute atomic E-state index is 11.7. The zero-order chi connectivity index (χ0) is 18.1. The molecule has 8 heteroatoms. The molecule has 26 heavy (non-hydrogen) atoms. The summed E-state index contributed by atoms with van der Waals surface area (Å²) in [5.41, 5.74) is 2.34. The third kappa shape index (κ3) is 7.45. The minimum absolute atomic E-state index is 0. The maximum atomic E-state index is 11.7. The number of fused-ring (bicyclic) bond motifs is 1. The van der Waals surface area contributed by atoms with Crippen molar-refractivity contribution in [1.29, 1.82) is 0 Å². The Labute approximate surface area is 176 Å². The molecule has 0 spiro atoms. The number of aromatic nitrogens is 1. The van der Waals surface area contributed by atoms with Crippen LogP contribution in [0.15, 0.2) is 35.3 Å². The highest BCUT2D eigenvalue weighted by molar-refractivity contribution is 14.0. The molecule has 0 radical (unpaired) electrons. The largest absolute Gasteiger partial charge is 0.358 e. The molecule has 0 saturated carbocycles. The summed E-state index contributed by atoms with van der Waals surface area (Å²) < 4.78 is 0. The van der Waals surface area contributed by atoms with Crippen LogP contribution in [0.3, 0.4) is 0 Å². The number of para-hydroxylation sites is 1. The lowest BCUT2D eigenvalue weighted by molar-refractivity contribution is -0.127. The van der Waals surface area contributed by atoms with Crippen molar-refractivity contribution in [3.63, 3.8) is 0 Å². The standard InChI is InChI=1S/C18H27N5OS.HI/c1-23(2)17(24)13-21-18(20-10-11-25-3)19-9-8-15-12-14-6-4-5-7-16(14)22-15;/h4-7,12,22H,8-11,13H2,1-3H3,(H2,19,20,21);1H. The molecular formula is C18H28IN5OS. The summed E-state index contributed by atoms with van der Waals surface area (Å²) in [6.07, 6.45) is 2.93. The summed E-state index contributed by atoms with van der Waals surface area (Å²) in [6.45, 7) is 1.71. The van der Waals surface area contributed by atoms with Crippen LogP contribution in [0.4, 0.5) is 0 Å². The fourth-order valence-electron chi connectivity index (χ4n) is 2.32. The van der Waals surface area contributed by atoms with E-state index in [-0.39, 0.29) is 36.4 Å². The molecule has 2 aromatic rings. The highest BCUT2D eigenvalue weighted by Gasteiger charge is 2.05. The second-order valence-electron chi connectivity index (χ2n) is 5.93. The van der Waals surface area contributed by atoms with Gasteiger partial charge in [-0.2, -0.15) is 11.8 Å². The predicted octanol–water partition coefficient (Wildman–Crippen LogP) is 2.31. The topological polar surface area (TPSA) is 72.5 Å². The first kappa shape index (κ1) is 22.6. The van der Waals surface area contributed by atoms with Crippen molar-refractivity contribution in [3.8, 4) is 0 Å². The lowest BCUT2D eigenvalue weighted by Crippen LogP contribution is -2.40. The maximum Gasteiger partial charge on any atom is 0.243 e. The fraction of sp³-hybridized carbons (Fsp3) is 0.444. The van der Waals surface area contributed by atoms with E-state index in [9.17, 15) is 4.79 Å². The zero-order valence-electron chi connectivity index (χ0n) is 15.5. The van der Waals surface area contributed by atoms with Crippen LogP contribution < -0.4 is 10.6 Å². The zero-order valence-corrected chi connectivity index (χ0v) is 18.7. The number of amides is 1. The first-order valence-electron chi connectivity index (χ1n) is 8.38. The average molecular weight is 489 g/mol. The molecule has 0 unspecified atom stereocenters. The van der Waals surface area contributed by atoms with Crippen LogP contribution in [0.25, 0.3) is 10.9 Å². The normalized spacial score (nSPS) is 11.1. The van der Waals surface area contributed by atoms with Crippen LogP contribution >= 0.6 is 35.7 Å². The van der Waals surface area contributed by atoms with E-state index < -0.39 is 0 Å². The van der Waals surface area contributed by atoms with E-state index in [2.05, 4.69) is 45.1 Å². The van der Waals surface area contributed by atoms with E-state index in [4.69, 9.17) is 0 Å². The second kappa shape index (κ2) is 12.1. The Morgan fingerprint density at radius 1 is 1.23 bits per heavy atom. The van der Waals surface area contributed by atoms with Crippen molar-refractivity contribution in [2.45, 2.75) is 6.42 Å². The van der Waals surface area contributed by atoms with Crippen LogP contribution in [0.5, 0.6) is 0 Å². The first-order chi connectivity index (χ1) is 12.1. The lowest BCUT2D eigenvalue weighted by Gasteiger charge is -2.13. The van der Waals surface area contributed by atoms with E-state index in [1.807, 2.05) is 12.1 Å². The molecule has 0 aliphatic heterocycles. The highest BCUT2D eigenvalue weighted by Crippen LogP contribution is 2.14. The minimum Gasteiger partial charge on any atom is -0.358 e. The molecule has 6 nitrogen and oxygen atoms in total. The number of halogens is 1. The van der Waals surface area contributed by atoms with Crippen molar-refractivity contribution >= 4 is 58.5 Å². The molecule has 0 fully saturated rings. The van der Waals surface area contributed by atoms with Gasteiger partial charge < -0.3 is 20.5 Å². The number of thioether (sulfide) groups is 1. The number of aromatic amines is 1. The predicted molar refractivity (Wildman–Crippen MR) is 123 cm³/mol. The van der Waals surface area contributed by atoms with Gasteiger partial charge in [0.25, 0.3) is 0 Å². The van der Waals surface area contributed by atoms with Crippen molar-refractivity contribution in [3.05, 3.63) is 36.0 Å². The van der Waals surface area contributed by atoms with Gasteiger partial charge in [-0.1, -0.05) is 18.2 Å². The van der Waals surface area contributed by atoms with Crippen molar-refractivity contribution in [2.24, 2.45) is 4.99 Å². The van der Waals surface area contributed by atoms with Gasteiger partial charge in [0.2, 0.25) is 5.91 Å². The third-order valence-electron chi connectivity index (χ3n) is 3.74. The quantitative estimate of drug-likeness (QED) is 0.230. The third-order valence-corrected chi connectivity index (χ3v) is 4.35. The number of carbonyl (C=O) groups excluding carboxylic acids is 1. The molecule has 0 aliphatic rings. The molecule has 2 rings (SSSR count). The Hall–Kier alpha value is -1.42. The molecule has 0 bridgehead atoms. The number of aliphatic imine (C=N–C) groups is 1. The Morgan fingerprint density at radius 3 is 2.65 bits per heavy atom. The van der Waals surface area contributed by atoms with Gasteiger partial charge >= 0.3 is 0 Å². The van der Waals surface area contributed by atoms with Crippen LogP contribution in [-0.2, 0) is 11.2 Å². The number of likely N-dealkylation sites (N-methyl/N-ethyl adjacent to an activating group) is 1. The SMILES string of the molecule is CSCCNC(=NCC(=O)N(C)C)NCCc1cc2ccccc2[nH]1.I. The van der Waals surface area contributed by atoms with E-state index in [0.717, 1.165) is 30.8 Å². The highest BCUT2D eigenvalue weighted by atomic mass is 127. The summed E-state index contributed by atoms with van der Waals surface area (Å²) in [5, 5.41) is 7.79. The first-order valence-corrected chi connectivity index (χ1v) is 9.77. The number of hydrogen-bond donors (Lipinski definition) is 3. The van der Waals surface area contributed by atoms with E-state index in [1.165, 1.54) is 11.1 Å². The summed E-state index contributed by atoms with van der Waals surface area (Å²) in [6, 6.07) is 10.4. The Morgan fingerprint density at radius 2 is 1.96 bits per heavy atom. The Bertz CT molecular complexity index is 683. The Kier molecular flexibility index (Phi) is 10.5. The molecule has 3 N–H and O–H groups in total. The van der Waals surface area contributed by atoms with E-state index in [0.29, 0.717) is 5.96 Å². The summed E-state index contributed by atoms with van der Waals surface area (Å²) >= 11 is 1.77. The molecular weight excluding hydrogens is 461 g/mol. The molecule has 0 atom stereocenters. The fourth-order valence-corrected chi connectivity index (χ4v) is 2.62. The van der Waals surface area contributed by atoms with Gasteiger partial charge in [0.1, 0.15) is 6.54 Å². The number of rotatable bonds is 8. The molecule has 1 heterocycles. The van der Waals surface area contributed by atoms with Gasteiger partial charge in [-0.3, -0.25) is 4.79 Å². The average Bonchev–Trinajstić information content (AvgIpc) is 3.01. The van der Waals surface area contributed by atoms with Gasteiger partial charge in [0, 0.05) is 50.6 Å². The number of H-pyrrole nitrogens is 1. The molecule has 1 aromatic heterocycles. The van der Waals surface area contributed by atoms with Gasteiger partial charge in [-0.25, -0.2) is 4.99 Å². The van der Waals surface area contributed by atoms with Gasteiger partial charge in [0.15, 0.2) is 5.96 Å². The van der Waals surface area contributed by atoms with Crippen LogP contribution in [0.2, 0.25) is 0 Å². The van der Waals surface area contributed by atoms with Crippen LogP contribution in [-0.4, -0.2) is 67.5 Å². The smallest absolute Gasteiger partial charge is 0.243 e. The van der Waals surface area contributed by atoms with Crippen LogP contribution in [0, 0.1) is 0 Å². The molecule has 0 saturated heterocycles. The monoisotopic (exact) mass is 489 g/mol. The number of hydrogen-bond acceptors (Lipinski definition) is 3. The number of nitrogens with one attached hydrogen (secondary N) is 3. The summed E-state index contributed by atoms with van der Waals surface area (Å²) in [7, 11) is 3.48. The molecule has 1 amide bonds. The Balaban J connectivity index is 0.00000338. The number of carbonyl (C=O) groups is 1. The number of guanidine groups is 1. The van der Waals surface area contributed by atoms with Crippen molar-refractivity contribution in [2.75, 3.05) is 45.7 Å². The number of nitrogens with zero attached hydrogens (tertiary/aromatic N) is 2. The molecule has 0 aliphatic carbocycles. The lowest BCUT2D eigenvalue weighted by atomic mass is 10.2. The van der Waals surface area contributed by atoms with Crippen molar-refractivity contribution in [1.82, 2.24) is 20.5 Å². The minimum atomic E-state index is -0.0124. The van der Waals surface area contributed by atoms with Gasteiger partial charge in [-0.05, 0) is 23.8 Å². The summed E-state index contributed by atoms with van der Waals surface area (Å²) in [5.74, 6) is 1.66.